The quantitative estimate of drug-likeness (QED) is 0.797. The maximum atomic E-state index is 13.7. The summed E-state index contributed by atoms with van der Waals surface area (Å²) >= 11 is 3.15. The average molecular weight is 293 g/mol. The molecular formula is C11H14BrFO3. The van der Waals surface area contributed by atoms with E-state index in [1.54, 1.807) is 6.92 Å². The van der Waals surface area contributed by atoms with E-state index in [2.05, 4.69) is 15.9 Å². The lowest BCUT2D eigenvalue weighted by atomic mass is 9.92. The van der Waals surface area contributed by atoms with Gasteiger partial charge in [0.25, 0.3) is 0 Å². The summed E-state index contributed by atoms with van der Waals surface area (Å²) in [6, 6.07) is 2.70. The van der Waals surface area contributed by atoms with Crippen molar-refractivity contribution in [2.75, 3.05) is 6.61 Å². The molecule has 0 bridgehead atoms. The van der Waals surface area contributed by atoms with Crippen LogP contribution in [-0.2, 0) is 0 Å². The summed E-state index contributed by atoms with van der Waals surface area (Å²) in [5.41, 5.74) is 0.108. The highest BCUT2D eigenvalue weighted by Crippen LogP contribution is 2.34. The normalized spacial score (nSPS) is 14.8. The number of aliphatic hydroxyl groups is 2. The Labute approximate surface area is 102 Å². The highest BCUT2D eigenvalue weighted by atomic mass is 79.9. The number of phenolic OH excluding ortho intramolecular Hbond substituents is 1. The molecule has 1 aromatic carbocycles. The summed E-state index contributed by atoms with van der Waals surface area (Å²) in [7, 11) is 0. The fourth-order valence-electron chi connectivity index (χ4n) is 1.59. The molecule has 0 spiro atoms. The number of aromatic hydroxyl groups is 1. The Morgan fingerprint density at radius 1 is 1.44 bits per heavy atom. The second-order valence-electron chi connectivity index (χ2n) is 3.56. The first-order valence-electron chi connectivity index (χ1n) is 4.98. The zero-order chi connectivity index (χ0) is 12.3. The van der Waals surface area contributed by atoms with Gasteiger partial charge in [-0.15, -0.1) is 0 Å². The van der Waals surface area contributed by atoms with Crippen molar-refractivity contribution in [2.24, 2.45) is 0 Å². The summed E-state index contributed by atoms with van der Waals surface area (Å²) in [6.07, 6.45) is -0.454. The maximum absolute atomic E-state index is 13.7. The van der Waals surface area contributed by atoms with Crippen molar-refractivity contribution in [2.45, 2.75) is 25.4 Å². The molecule has 0 aliphatic carbocycles. The van der Waals surface area contributed by atoms with Crippen LogP contribution >= 0.6 is 15.9 Å². The van der Waals surface area contributed by atoms with Crippen LogP contribution in [0.5, 0.6) is 5.75 Å². The Bertz CT molecular complexity index is 370. The summed E-state index contributed by atoms with van der Waals surface area (Å²) in [5, 5.41) is 28.1. The highest BCUT2D eigenvalue weighted by Gasteiger charge is 2.26. The van der Waals surface area contributed by atoms with E-state index in [1.165, 1.54) is 12.1 Å². The van der Waals surface area contributed by atoms with Crippen LogP contribution in [0.3, 0.4) is 0 Å². The van der Waals surface area contributed by atoms with Gasteiger partial charge in [0.1, 0.15) is 0 Å². The molecular weight excluding hydrogens is 279 g/mol. The van der Waals surface area contributed by atoms with E-state index >= 15 is 0 Å². The lowest BCUT2D eigenvalue weighted by Crippen LogP contribution is -2.22. The number of hydrogen-bond acceptors (Lipinski definition) is 3. The Kier molecular flexibility index (Phi) is 4.70. The predicted octanol–water partition coefficient (Wildman–Crippen LogP) is 2.14. The minimum Gasteiger partial charge on any atom is -0.505 e. The van der Waals surface area contributed by atoms with Gasteiger partial charge in [0.05, 0.1) is 12.7 Å². The van der Waals surface area contributed by atoms with Crippen molar-refractivity contribution >= 4 is 15.9 Å². The van der Waals surface area contributed by atoms with Gasteiger partial charge in [-0.25, -0.2) is 4.39 Å². The number of benzene rings is 1. The molecule has 0 aliphatic heterocycles. The van der Waals surface area contributed by atoms with E-state index in [0.29, 0.717) is 10.9 Å². The van der Waals surface area contributed by atoms with Gasteiger partial charge in [-0.3, -0.25) is 0 Å². The molecule has 0 fully saturated rings. The largest absolute Gasteiger partial charge is 0.505 e. The van der Waals surface area contributed by atoms with Gasteiger partial charge in [-0.05, 0) is 18.6 Å². The number of phenols is 1. The predicted molar refractivity (Wildman–Crippen MR) is 61.9 cm³/mol. The zero-order valence-electron chi connectivity index (χ0n) is 8.82. The molecule has 5 heteroatoms. The van der Waals surface area contributed by atoms with Gasteiger partial charge in [0.2, 0.25) is 0 Å². The minimum atomic E-state index is -0.849. The van der Waals surface area contributed by atoms with Gasteiger partial charge >= 0.3 is 0 Å². The molecule has 2 unspecified atom stereocenters. The van der Waals surface area contributed by atoms with E-state index in [0.717, 1.165) is 0 Å². The molecule has 0 saturated carbocycles. The van der Waals surface area contributed by atoms with Crippen molar-refractivity contribution in [3.8, 4) is 5.75 Å². The van der Waals surface area contributed by atoms with Crippen molar-refractivity contribution < 1.29 is 19.7 Å². The fraction of sp³-hybridized carbons (Fsp3) is 0.455. The molecule has 3 nitrogen and oxygen atoms in total. The standard InChI is InChI=1S/C11H14BrFO3/c1-2-8(15)6(5-14)10-7(12)3-4-9(16)11(10)13/h3-4,6,8,14-16H,2,5H2,1H3. The topological polar surface area (TPSA) is 60.7 Å². The smallest absolute Gasteiger partial charge is 0.169 e. The van der Waals surface area contributed by atoms with Crippen LogP contribution < -0.4 is 0 Å². The molecule has 1 rings (SSSR count). The molecule has 0 heterocycles. The third-order valence-corrected chi connectivity index (χ3v) is 3.25. The van der Waals surface area contributed by atoms with Gasteiger partial charge in [0.15, 0.2) is 11.6 Å². The number of aliphatic hydroxyl groups excluding tert-OH is 2. The number of hydrogen-bond donors (Lipinski definition) is 3. The van der Waals surface area contributed by atoms with E-state index in [1.807, 2.05) is 0 Å². The maximum Gasteiger partial charge on any atom is 0.169 e. The van der Waals surface area contributed by atoms with E-state index < -0.39 is 23.6 Å². The van der Waals surface area contributed by atoms with Crippen LogP contribution in [0, 0.1) is 5.82 Å². The fourth-order valence-corrected chi connectivity index (χ4v) is 2.19. The van der Waals surface area contributed by atoms with E-state index in [4.69, 9.17) is 0 Å². The third kappa shape index (κ3) is 2.53. The summed E-state index contributed by atoms with van der Waals surface area (Å²) in [5.74, 6) is -2.03. The van der Waals surface area contributed by atoms with Crippen molar-refractivity contribution in [3.63, 3.8) is 0 Å². The lowest BCUT2D eigenvalue weighted by molar-refractivity contribution is 0.101. The number of rotatable bonds is 4. The SMILES string of the molecule is CCC(O)C(CO)c1c(Br)ccc(O)c1F. The van der Waals surface area contributed by atoms with E-state index in [-0.39, 0.29) is 12.2 Å². The Morgan fingerprint density at radius 2 is 2.06 bits per heavy atom. The van der Waals surface area contributed by atoms with Gasteiger partial charge in [-0.1, -0.05) is 22.9 Å². The van der Waals surface area contributed by atoms with E-state index in [9.17, 15) is 19.7 Å². The van der Waals surface area contributed by atoms with Crippen molar-refractivity contribution in [1.29, 1.82) is 0 Å². The molecule has 3 N–H and O–H groups in total. The van der Waals surface area contributed by atoms with Crippen LogP contribution in [0.2, 0.25) is 0 Å². The summed E-state index contributed by atoms with van der Waals surface area (Å²) < 4.78 is 14.1. The molecule has 0 saturated heterocycles. The molecule has 0 amide bonds. The molecule has 16 heavy (non-hydrogen) atoms. The molecule has 90 valence electrons. The van der Waals surface area contributed by atoms with Crippen LogP contribution in [0.4, 0.5) is 4.39 Å². The molecule has 0 aliphatic rings. The number of halogens is 2. The summed E-state index contributed by atoms with van der Waals surface area (Å²) in [6.45, 7) is 1.36. The third-order valence-electron chi connectivity index (χ3n) is 2.56. The highest BCUT2D eigenvalue weighted by molar-refractivity contribution is 9.10. The second kappa shape index (κ2) is 5.61. The Morgan fingerprint density at radius 3 is 2.56 bits per heavy atom. The minimum absolute atomic E-state index is 0.108. The van der Waals surface area contributed by atoms with Crippen LogP contribution in [0.15, 0.2) is 16.6 Å². The Hall–Kier alpha value is -0.650. The molecule has 2 atom stereocenters. The zero-order valence-corrected chi connectivity index (χ0v) is 10.4. The monoisotopic (exact) mass is 292 g/mol. The van der Waals surface area contributed by atoms with Crippen LogP contribution in [-0.4, -0.2) is 28.0 Å². The van der Waals surface area contributed by atoms with Gasteiger partial charge < -0.3 is 15.3 Å². The van der Waals surface area contributed by atoms with Gasteiger partial charge in [-0.2, -0.15) is 0 Å². The molecule has 0 aromatic heterocycles. The summed E-state index contributed by atoms with van der Waals surface area (Å²) in [4.78, 5) is 0. The first-order chi connectivity index (χ1) is 7.52. The Balaban J connectivity index is 3.23. The first-order valence-corrected chi connectivity index (χ1v) is 5.78. The van der Waals surface area contributed by atoms with Gasteiger partial charge in [0, 0.05) is 16.0 Å². The second-order valence-corrected chi connectivity index (χ2v) is 4.41. The molecule has 1 aromatic rings. The molecule has 0 radical (unpaired) electrons. The van der Waals surface area contributed by atoms with Crippen molar-refractivity contribution in [1.82, 2.24) is 0 Å². The van der Waals surface area contributed by atoms with Crippen molar-refractivity contribution in [3.05, 3.63) is 28.0 Å². The van der Waals surface area contributed by atoms with Crippen LogP contribution in [0.1, 0.15) is 24.8 Å². The lowest BCUT2D eigenvalue weighted by Gasteiger charge is -2.22. The van der Waals surface area contributed by atoms with Crippen LogP contribution in [0.25, 0.3) is 0 Å². The first kappa shape index (κ1) is 13.4. The average Bonchev–Trinajstić information content (AvgIpc) is 2.28.